The maximum Gasteiger partial charge on any atom is 0.257 e. The molecule has 0 saturated carbocycles. The summed E-state index contributed by atoms with van der Waals surface area (Å²) in [5.74, 6) is 0.245. The molecule has 596 valence electrons. The van der Waals surface area contributed by atoms with Crippen LogP contribution in [0.5, 0.6) is 0 Å². The van der Waals surface area contributed by atoms with Crippen LogP contribution < -0.4 is 37.2 Å². The number of benzene rings is 6. The maximum absolute atomic E-state index is 12.9. The van der Waals surface area contributed by atoms with E-state index in [0.29, 0.717) is 101 Å². The summed E-state index contributed by atoms with van der Waals surface area (Å²) >= 11 is 31.4. The first-order valence-corrected chi connectivity index (χ1v) is 38.8. The van der Waals surface area contributed by atoms with Crippen molar-refractivity contribution in [3.05, 3.63) is 307 Å². The van der Waals surface area contributed by atoms with Gasteiger partial charge in [0.05, 0.1) is 90.1 Å². The van der Waals surface area contributed by atoms with Gasteiger partial charge in [-0.2, -0.15) is 0 Å². The van der Waals surface area contributed by atoms with E-state index >= 15 is 0 Å². The summed E-state index contributed by atoms with van der Waals surface area (Å²) in [4.78, 5) is 94.6. The van der Waals surface area contributed by atoms with Crippen LogP contribution in [0.15, 0.2) is 243 Å². The average Bonchev–Trinajstić information content (AvgIpc) is 0.828. The molecule has 6 aromatic carbocycles. The summed E-state index contributed by atoms with van der Waals surface area (Å²) in [5.41, 5.74) is 12.6. The second-order valence-corrected chi connectivity index (χ2v) is 28.6. The van der Waals surface area contributed by atoms with Gasteiger partial charge in [-0.3, -0.25) is 48.8 Å². The number of pyridine rings is 6. The smallest absolute Gasteiger partial charge is 0.257 e. The number of carbonyl (C=O) groups excluding carboxylic acids is 5. The number of hydrogen-bond donors (Lipinski definition) is 7. The highest BCUT2D eigenvalue weighted by Gasteiger charge is 2.20. The molecule has 1 saturated heterocycles. The Hall–Kier alpha value is -11.6. The Labute approximate surface area is 699 Å². The summed E-state index contributed by atoms with van der Waals surface area (Å²) < 4.78 is 10.3. The number of morpholine rings is 1. The molecule has 0 atom stereocenters. The van der Waals surface area contributed by atoms with E-state index in [2.05, 4.69) is 91.0 Å². The third-order valence-electron chi connectivity index (χ3n) is 17.6. The molecule has 23 nitrogen and oxygen atoms in total. The van der Waals surface area contributed by atoms with Gasteiger partial charge in [0.1, 0.15) is 11.6 Å². The van der Waals surface area contributed by atoms with E-state index in [-0.39, 0.29) is 40.1 Å². The van der Waals surface area contributed by atoms with Crippen LogP contribution in [0.4, 0.5) is 34.4 Å². The van der Waals surface area contributed by atoms with Gasteiger partial charge in [-0.1, -0.05) is 94.4 Å². The third-order valence-corrected chi connectivity index (χ3v) is 19.2. The Kier molecular flexibility index (Phi) is 33.2. The molecule has 1 aliphatic heterocycles. The number of nitrogens with one attached hydrogen (secondary N) is 7. The largest absolute Gasteiger partial charge is 0.383 e. The second kappa shape index (κ2) is 44.3. The van der Waals surface area contributed by atoms with Gasteiger partial charge in [0.2, 0.25) is 0 Å². The normalized spacial score (nSPS) is 11.6. The molecular weight excluding hydrogens is 1570 g/mol. The fraction of sp³-hybridized carbons (Fsp3) is 0.193. The number of halogens is 5. The lowest BCUT2D eigenvalue weighted by atomic mass is 10.1. The number of likely N-dealkylation sites (N-methyl/N-ethyl adjacent to an activating group) is 1. The van der Waals surface area contributed by atoms with Crippen LogP contribution in [-0.2, 0) is 16.0 Å². The number of anilines is 6. The van der Waals surface area contributed by atoms with E-state index in [4.69, 9.17) is 67.5 Å². The molecule has 1 aliphatic rings. The lowest BCUT2D eigenvalue weighted by molar-refractivity contribution is 0.0398. The Balaban J connectivity index is 0.000000164. The topological polar surface area (TPSA) is 275 Å². The van der Waals surface area contributed by atoms with E-state index in [0.717, 1.165) is 104 Å². The van der Waals surface area contributed by atoms with Gasteiger partial charge < -0.3 is 56.5 Å². The molecule has 12 aromatic rings. The van der Waals surface area contributed by atoms with Crippen LogP contribution in [0.25, 0.3) is 45.0 Å². The summed E-state index contributed by atoms with van der Waals surface area (Å²) in [7, 11) is 9.04. The van der Waals surface area contributed by atoms with Crippen molar-refractivity contribution in [1.82, 2.24) is 49.9 Å². The molecule has 28 heteroatoms. The lowest BCUT2D eigenvalue weighted by Crippen LogP contribution is -2.39. The second-order valence-electron chi connectivity index (χ2n) is 26.6. The fourth-order valence-electron chi connectivity index (χ4n) is 11.5. The van der Waals surface area contributed by atoms with Crippen molar-refractivity contribution in [1.29, 1.82) is 0 Å². The number of hydrogen-bond acceptors (Lipinski definition) is 18. The minimum atomic E-state index is -0.386. The number of ether oxygens (including phenoxy) is 2. The van der Waals surface area contributed by atoms with Crippen LogP contribution in [-0.4, -0.2) is 175 Å². The van der Waals surface area contributed by atoms with Crippen LogP contribution in [0.3, 0.4) is 0 Å². The first kappa shape index (κ1) is 86.8. The van der Waals surface area contributed by atoms with E-state index in [9.17, 15) is 24.0 Å². The number of rotatable bonds is 26. The third kappa shape index (κ3) is 26.2. The number of amides is 5. The Morgan fingerprint density at radius 2 is 0.879 bits per heavy atom. The standard InChI is InChI=1S/C24H26ClN5O2.C23H25ClN4O.C21H17Cl2N3O2.C20H19ClN4O2/c1-17-19(6-8-23(28-17)27-10-11-30-12-14-32-15-13-30)24(31)29-18-5-7-21(25)20(16-18)22-4-2-3-9-26-22;1-28(2)14-13-25-16-17-6-8-18(9-7-17)23(29)27-19-10-11-21(24)20(15-19)22-5-3-4-12-26-22;1-26(2)21(28)13-6-8-15(18(23)11-13)20(27)25-14-7-9-17(22)16(12-14)19-5-3-4-10-24-19;1-27-11-10-23-19-8-5-14(13-24-19)20(26)25-15-6-7-17(21)16(12-15)18-4-2-3-9-22-18/h2-9,16H,10-15H2,1H3,(H,27,28)(H,29,31);3-12,15,25H,13-14,16H2,1-2H3,(H,27,29);3-12H,1-2H3,(H,25,27);2-9,12-13H,10-11H2,1H3,(H,23,24)(H,25,26). The zero-order valence-electron chi connectivity index (χ0n) is 64.6. The highest BCUT2D eigenvalue weighted by molar-refractivity contribution is 6.36. The molecule has 0 bridgehead atoms. The maximum atomic E-state index is 12.9. The fourth-order valence-corrected chi connectivity index (χ4v) is 12.6. The van der Waals surface area contributed by atoms with Crippen molar-refractivity contribution in [2.45, 2.75) is 13.5 Å². The summed E-state index contributed by atoms with van der Waals surface area (Å²) in [6, 6.07) is 62.9. The van der Waals surface area contributed by atoms with Crippen molar-refractivity contribution < 1.29 is 33.4 Å². The van der Waals surface area contributed by atoms with E-state index in [1.54, 1.807) is 131 Å². The zero-order chi connectivity index (χ0) is 82.3. The first-order valence-electron chi connectivity index (χ1n) is 36.9. The molecule has 7 N–H and O–H groups in total. The number of nitrogens with zero attached hydrogens (tertiary/aromatic N) is 9. The monoisotopic (exact) mass is 1650 g/mol. The highest BCUT2D eigenvalue weighted by atomic mass is 35.5. The number of methoxy groups -OCH3 is 1. The predicted molar refractivity (Wildman–Crippen MR) is 466 cm³/mol. The molecule has 0 unspecified atom stereocenters. The Bertz CT molecular complexity index is 5260. The Morgan fingerprint density at radius 3 is 1.30 bits per heavy atom. The van der Waals surface area contributed by atoms with E-state index < -0.39 is 0 Å². The number of aryl methyl sites for hydroxylation is 1. The molecule has 13 rings (SSSR count). The lowest BCUT2D eigenvalue weighted by Gasteiger charge is -2.26. The molecule has 0 radical (unpaired) electrons. The van der Waals surface area contributed by atoms with Gasteiger partial charge in [0, 0.05) is 161 Å². The first-order chi connectivity index (χ1) is 56.2. The molecule has 0 spiro atoms. The minimum Gasteiger partial charge on any atom is -0.383 e. The predicted octanol–water partition coefficient (Wildman–Crippen LogP) is 17.5. The molecule has 1 fully saturated rings. The number of aromatic nitrogens is 6. The van der Waals surface area contributed by atoms with Gasteiger partial charge in [-0.15, -0.1) is 0 Å². The van der Waals surface area contributed by atoms with Crippen molar-refractivity contribution in [3.63, 3.8) is 0 Å². The van der Waals surface area contributed by atoms with E-state index in [1.165, 1.54) is 23.2 Å². The molecule has 0 aliphatic carbocycles. The van der Waals surface area contributed by atoms with Gasteiger partial charge in [-0.25, -0.2) is 9.97 Å². The van der Waals surface area contributed by atoms with Crippen molar-refractivity contribution in [2.24, 2.45) is 0 Å². The van der Waals surface area contributed by atoms with Crippen LogP contribution in [0.2, 0.25) is 25.1 Å². The summed E-state index contributed by atoms with van der Waals surface area (Å²) in [6.45, 7) is 11.0. The molecule has 5 amide bonds. The van der Waals surface area contributed by atoms with Gasteiger partial charge >= 0.3 is 0 Å². The van der Waals surface area contributed by atoms with E-state index in [1.807, 2.05) is 122 Å². The molecule has 7 heterocycles. The quantitative estimate of drug-likeness (QED) is 0.0248. The van der Waals surface area contributed by atoms with Gasteiger partial charge in [0.15, 0.2) is 0 Å². The van der Waals surface area contributed by atoms with Crippen molar-refractivity contribution in [2.75, 3.05) is 133 Å². The Morgan fingerprint density at radius 1 is 0.448 bits per heavy atom. The summed E-state index contributed by atoms with van der Waals surface area (Å²) in [5, 5.41) is 23.8. The summed E-state index contributed by atoms with van der Waals surface area (Å²) in [6.07, 6.45) is 8.33. The highest BCUT2D eigenvalue weighted by Crippen LogP contribution is 2.34. The van der Waals surface area contributed by atoms with Gasteiger partial charge in [-0.05, 0) is 203 Å². The van der Waals surface area contributed by atoms with Crippen LogP contribution >= 0.6 is 58.0 Å². The molecular formula is C88H87Cl5N16O7. The SMILES string of the molecule is CN(C)C(=O)c1ccc(C(=O)Nc2ccc(Cl)c(-c3ccccn3)c2)c(Cl)c1.CN(C)CCNCc1ccc(C(=O)Nc2ccc(Cl)c(-c3ccccn3)c2)cc1.COCCNc1ccc(C(=O)Nc2ccc(Cl)c(-c3ccccn3)c2)cn1.Cc1nc(NCCN2CCOCC2)ccc1C(=O)Nc1ccc(Cl)c(-c2ccccn2)c1. The minimum absolute atomic E-state index is 0.161. The van der Waals surface area contributed by atoms with Crippen LogP contribution in [0, 0.1) is 6.92 Å². The average molecular weight is 1660 g/mol. The van der Waals surface area contributed by atoms with Crippen LogP contribution in [0.1, 0.15) is 63.0 Å². The van der Waals surface area contributed by atoms with Gasteiger partial charge in [0.25, 0.3) is 29.5 Å². The zero-order valence-corrected chi connectivity index (χ0v) is 68.4. The number of carbonyl (C=O) groups is 5. The molecule has 116 heavy (non-hydrogen) atoms. The molecule has 6 aromatic heterocycles. The van der Waals surface area contributed by atoms with Crippen molar-refractivity contribution in [3.8, 4) is 45.0 Å². The van der Waals surface area contributed by atoms with Crippen molar-refractivity contribution >= 4 is 122 Å².